The highest BCUT2D eigenvalue weighted by Crippen LogP contribution is 2.34. The van der Waals surface area contributed by atoms with Crippen molar-refractivity contribution in [1.29, 1.82) is 0 Å². The van der Waals surface area contributed by atoms with E-state index in [0.29, 0.717) is 17.3 Å². The van der Waals surface area contributed by atoms with Crippen LogP contribution < -0.4 is 10.1 Å². The summed E-state index contributed by atoms with van der Waals surface area (Å²) in [5, 5.41) is 7.23. The second-order valence-corrected chi connectivity index (χ2v) is 6.02. The third-order valence-corrected chi connectivity index (χ3v) is 4.44. The second kappa shape index (κ2) is 6.47. The number of nitrogens with zero attached hydrogens (tertiary/aromatic N) is 4. The lowest BCUT2D eigenvalue weighted by Crippen LogP contribution is -2.39. The molecule has 2 atom stereocenters. The Bertz CT molecular complexity index is 942. The molecule has 3 heterocycles. The van der Waals surface area contributed by atoms with Crippen LogP contribution in [0.15, 0.2) is 53.9 Å². The first-order valence-corrected chi connectivity index (χ1v) is 8.20. The molecule has 4 rings (SSSR count). The van der Waals surface area contributed by atoms with Crippen LogP contribution in [0.25, 0.3) is 0 Å². The molecule has 8 heteroatoms. The molecule has 0 spiro atoms. The van der Waals surface area contributed by atoms with Crippen LogP contribution in [0, 0.1) is 5.92 Å². The Morgan fingerprint density at radius 2 is 2.08 bits per heavy atom. The maximum absolute atomic E-state index is 13.1. The molecule has 0 saturated heterocycles. The molecule has 8 nitrogen and oxygen atoms in total. The van der Waals surface area contributed by atoms with Gasteiger partial charge in [0.15, 0.2) is 0 Å². The topological polar surface area (TPSA) is 97.2 Å². The zero-order chi connectivity index (χ0) is 18.1. The van der Waals surface area contributed by atoms with Crippen molar-refractivity contribution in [2.24, 2.45) is 10.9 Å². The van der Waals surface area contributed by atoms with Gasteiger partial charge in [-0.05, 0) is 43.3 Å². The van der Waals surface area contributed by atoms with Crippen LogP contribution in [0.1, 0.15) is 18.7 Å². The lowest BCUT2D eigenvalue weighted by atomic mass is 9.90. The maximum atomic E-state index is 13.1. The second-order valence-electron chi connectivity index (χ2n) is 6.02. The van der Waals surface area contributed by atoms with Gasteiger partial charge in [-0.2, -0.15) is 10.1 Å². The van der Waals surface area contributed by atoms with E-state index < -0.39 is 5.92 Å². The van der Waals surface area contributed by atoms with Gasteiger partial charge in [0.05, 0.1) is 7.11 Å². The highest BCUT2D eigenvalue weighted by molar-refractivity contribution is 6.10. The van der Waals surface area contributed by atoms with Crippen LogP contribution in [-0.4, -0.2) is 38.5 Å². The van der Waals surface area contributed by atoms with Gasteiger partial charge in [-0.1, -0.05) is 0 Å². The average molecular weight is 350 g/mol. The van der Waals surface area contributed by atoms with E-state index in [4.69, 9.17) is 4.74 Å². The third-order valence-electron chi connectivity index (χ3n) is 4.44. The number of ether oxygens (including phenoxy) is 1. The highest BCUT2D eigenvalue weighted by atomic mass is 16.5. The minimum Gasteiger partial charge on any atom is -0.497 e. The molecule has 1 aromatic carbocycles. The molecule has 0 bridgehead atoms. The van der Waals surface area contributed by atoms with Crippen molar-refractivity contribution in [3.8, 4) is 5.75 Å². The molecule has 0 radical (unpaired) electrons. The van der Waals surface area contributed by atoms with Crippen molar-refractivity contribution in [1.82, 2.24) is 19.7 Å². The van der Waals surface area contributed by atoms with Gasteiger partial charge in [-0.15, -0.1) is 0 Å². The number of fused-ring (bicyclic) bond motifs is 1. The average Bonchev–Trinajstić information content (AvgIpc) is 3.32. The zero-order valence-electron chi connectivity index (χ0n) is 14.4. The number of hydrogen-bond donors (Lipinski definition) is 2. The summed E-state index contributed by atoms with van der Waals surface area (Å²) < 4.78 is 6.83. The first-order chi connectivity index (χ1) is 12.7. The first-order valence-electron chi connectivity index (χ1n) is 8.20. The number of nitrogens with one attached hydrogen (secondary N) is 2. The Balaban J connectivity index is 1.67. The molecule has 132 valence electrons. The van der Waals surface area contributed by atoms with Crippen molar-refractivity contribution in [3.05, 3.63) is 54.6 Å². The summed E-state index contributed by atoms with van der Waals surface area (Å²) in [6.07, 6.45) is 3.28. The Morgan fingerprint density at radius 1 is 1.27 bits per heavy atom. The number of amides is 1. The van der Waals surface area contributed by atoms with E-state index in [9.17, 15) is 4.79 Å². The van der Waals surface area contributed by atoms with E-state index in [0.717, 1.165) is 11.4 Å². The van der Waals surface area contributed by atoms with Crippen molar-refractivity contribution in [2.45, 2.75) is 13.0 Å². The molecule has 26 heavy (non-hydrogen) atoms. The van der Waals surface area contributed by atoms with Gasteiger partial charge in [-0.3, -0.25) is 4.79 Å². The lowest BCUT2D eigenvalue weighted by Gasteiger charge is -2.29. The molecule has 2 aromatic heterocycles. The van der Waals surface area contributed by atoms with Crippen LogP contribution in [0.5, 0.6) is 5.75 Å². The monoisotopic (exact) mass is 350 g/mol. The number of aliphatic imine (C=N–C) groups is 1. The fourth-order valence-corrected chi connectivity index (χ4v) is 3.18. The van der Waals surface area contributed by atoms with Gasteiger partial charge in [0.25, 0.3) is 0 Å². The van der Waals surface area contributed by atoms with Crippen molar-refractivity contribution in [3.63, 3.8) is 0 Å². The Labute approximate surface area is 149 Å². The van der Waals surface area contributed by atoms with E-state index in [-0.39, 0.29) is 11.9 Å². The smallest absolute Gasteiger partial charge is 0.248 e. The summed E-state index contributed by atoms with van der Waals surface area (Å²) in [6, 6.07) is 10.7. The fraction of sp³-hybridized carbons (Fsp3) is 0.222. The summed E-state index contributed by atoms with van der Waals surface area (Å²) in [6.45, 7) is 1.84. The lowest BCUT2D eigenvalue weighted by molar-refractivity contribution is -0.118. The fourth-order valence-electron chi connectivity index (χ4n) is 3.18. The molecule has 2 unspecified atom stereocenters. The van der Waals surface area contributed by atoms with Crippen LogP contribution in [0.3, 0.4) is 0 Å². The summed E-state index contributed by atoms with van der Waals surface area (Å²) in [7, 11) is 1.60. The van der Waals surface area contributed by atoms with Gasteiger partial charge in [-0.25, -0.2) is 9.67 Å². The Morgan fingerprint density at radius 3 is 2.77 bits per heavy atom. The molecule has 0 fully saturated rings. The summed E-state index contributed by atoms with van der Waals surface area (Å²) in [5.41, 5.74) is 2.26. The largest absolute Gasteiger partial charge is 0.497 e. The standard InChI is InChI=1S/C18H18N6O2/c1-11-15(17(25)23-12-5-7-13(26-2)8-6-12)16(14-4-3-9-19-14)24-18(22-11)20-10-21-24/h3-10,15-16,19H,1-2H3,(H,23,25). The van der Waals surface area contributed by atoms with Gasteiger partial charge in [0.1, 0.15) is 24.0 Å². The predicted molar refractivity (Wildman–Crippen MR) is 96.8 cm³/mol. The minimum atomic E-state index is -0.509. The number of anilines is 1. The molecule has 2 N–H and O–H groups in total. The molecule has 1 aliphatic heterocycles. The third kappa shape index (κ3) is 2.75. The zero-order valence-corrected chi connectivity index (χ0v) is 14.4. The molecule has 1 amide bonds. The first kappa shape index (κ1) is 16.1. The Hall–Kier alpha value is -3.42. The van der Waals surface area contributed by atoms with E-state index in [1.165, 1.54) is 6.33 Å². The number of aromatic amines is 1. The molecule has 3 aromatic rings. The SMILES string of the molecule is COc1ccc(NC(=O)C2C(C)=Nc3ncnn3C2c2ccc[nH]2)cc1. The van der Waals surface area contributed by atoms with Crippen LogP contribution in [0.2, 0.25) is 0 Å². The van der Waals surface area contributed by atoms with E-state index in [2.05, 4.69) is 25.4 Å². The summed E-state index contributed by atoms with van der Waals surface area (Å²) in [5.74, 6) is 0.563. The normalized spacial score (nSPS) is 18.8. The molecule has 0 saturated carbocycles. The number of carbonyl (C=O) groups is 1. The molecule has 0 aliphatic carbocycles. The van der Waals surface area contributed by atoms with Crippen LogP contribution >= 0.6 is 0 Å². The van der Waals surface area contributed by atoms with Gasteiger partial charge < -0.3 is 15.0 Å². The molecular weight excluding hydrogens is 332 g/mol. The van der Waals surface area contributed by atoms with E-state index in [1.807, 2.05) is 25.3 Å². The molecule has 1 aliphatic rings. The van der Waals surface area contributed by atoms with Crippen LogP contribution in [-0.2, 0) is 4.79 Å². The Kier molecular flexibility index (Phi) is 4.00. The number of aromatic nitrogens is 4. The van der Waals surface area contributed by atoms with Gasteiger partial charge in [0, 0.05) is 23.3 Å². The van der Waals surface area contributed by atoms with E-state index >= 15 is 0 Å². The number of methoxy groups -OCH3 is 1. The number of carbonyl (C=O) groups excluding carboxylic acids is 1. The summed E-state index contributed by atoms with van der Waals surface area (Å²) in [4.78, 5) is 24.9. The predicted octanol–water partition coefficient (Wildman–Crippen LogP) is 2.57. The summed E-state index contributed by atoms with van der Waals surface area (Å²) >= 11 is 0. The van der Waals surface area contributed by atoms with Crippen molar-refractivity contribution < 1.29 is 9.53 Å². The van der Waals surface area contributed by atoms with Gasteiger partial charge >= 0.3 is 0 Å². The van der Waals surface area contributed by atoms with E-state index in [1.54, 1.807) is 36.1 Å². The van der Waals surface area contributed by atoms with Gasteiger partial charge in [0.2, 0.25) is 11.9 Å². The number of benzene rings is 1. The number of H-pyrrole nitrogens is 1. The number of hydrogen-bond acceptors (Lipinski definition) is 5. The minimum absolute atomic E-state index is 0.155. The van der Waals surface area contributed by atoms with Crippen LogP contribution in [0.4, 0.5) is 11.6 Å². The molecular formula is C18H18N6O2. The quantitative estimate of drug-likeness (QED) is 0.756. The van der Waals surface area contributed by atoms with Crippen molar-refractivity contribution in [2.75, 3.05) is 12.4 Å². The maximum Gasteiger partial charge on any atom is 0.248 e. The highest BCUT2D eigenvalue weighted by Gasteiger charge is 2.39. The number of rotatable bonds is 4. The van der Waals surface area contributed by atoms with Crippen molar-refractivity contribution >= 4 is 23.3 Å².